The Morgan fingerprint density at radius 3 is 2.95 bits per heavy atom. The summed E-state index contributed by atoms with van der Waals surface area (Å²) in [6.45, 7) is 2.26. The second-order valence-corrected chi connectivity index (χ2v) is 5.43. The van der Waals surface area contributed by atoms with E-state index in [1.165, 1.54) is 30.2 Å². The molecule has 0 aromatic carbocycles. The van der Waals surface area contributed by atoms with Crippen LogP contribution in [0.1, 0.15) is 38.2 Å². The Bertz CT molecular complexity index is 633. The van der Waals surface area contributed by atoms with Crippen LogP contribution in [-0.2, 0) is 0 Å². The molecule has 0 aliphatic heterocycles. The summed E-state index contributed by atoms with van der Waals surface area (Å²) in [6.07, 6.45) is 7.89. The minimum atomic E-state index is -0.00559. The Labute approximate surface area is 117 Å². The summed E-state index contributed by atoms with van der Waals surface area (Å²) in [5, 5.41) is 19.4. The normalized spacial score (nSPS) is 22.9. The van der Waals surface area contributed by atoms with Gasteiger partial charge >= 0.3 is 0 Å². The van der Waals surface area contributed by atoms with Gasteiger partial charge in [0.15, 0.2) is 5.65 Å². The maximum absolute atomic E-state index is 7.71. The minimum absolute atomic E-state index is 0.00559. The first-order valence-electron chi connectivity index (χ1n) is 6.97. The fourth-order valence-electron chi connectivity index (χ4n) is 2.84. The van der Waals surface area contributed by atoms with Gasteiger partial charge in [-0.2, -0.15) is 5.10 Å². The molecule has 7 nitrogen and oxygen atoms in total. The summed E-state index contributed by atoms with van der Waals surface area (Å²) in [4.78, 5) is 4.23. The smallest absolute Gasteiger partial charge is 0.200 e. The first-order chi connectivity index (χ1) is 9.66. The molecular weight excluding hydrogens is 254 g/mol. The van der Waals surface area contributed by atoms with Gasteiger partial charge in [0.1, 0.15) is 12.2 Å². The molecular formula is C13H19N7. The second-order valence-electron chi connectivity index (χ2n) is 5.43. The monoisotopic (exact) mass is 273 g/mol. The zero-order valence-corrected chi connectivity index (χ0v) is 11.5. The number of nitrogens with two attached hydrogens (primary N) is 1. The lowest BCUT2D eigenvalue weighted by molar-refractivity contribution is 0.349. The van der Waals surface area contributed by atoms with Crippen molar-refractivity contribution in [2.24, 2.45) is 11.7 Å². The van der Waals surface area contributed by atoms with E-state index in [0.29, 0.717) is 23.2 Å². The van der Waals surface area contributed by atoms with Crippen LogP contribution in [-0.4, -0.2) is 31.7 Å². The van der Waals surface area contributed by atoms with Crippen molar-refractivity contribution in [3.05, 3.63) is 18.1 Å². The molecule has 1 aliphatic carbocycles. The van der Waals surface area contributed by atoms with Crippen LogP contribution in [0.5, 0.6) is 0 Å². The Balaban J connectivity index is 2.01. The van der Waals surface area contributed by atoms with E-state index in [2.05, 4.69) is 27.4 Å². The molecule has 0 radical (unpaired) electrons. The molecule has 1 aliphatic rings. The van der Waals surface area contributed by atoms with Crippen molar-refractivity contribution in [3.63, 3.8) is 0 Å². The van der Waals surface area contributed by atoms with E-state index in [1.807, 2.05) is 0 Å². The van der Waals surface area contributed by atoms with E-state index in [1.54, 1.807) is 6.20 Å². The molecule has 2 aromatic heterocycles. The van der Waals surface area contributed by atoms with Crippen molar-refractivity contribution in [2.75, 3.05) is 5.32 Å². The van der Waals surface area contributed by atoms with Gasteiger partial charge in [-0.25, -0.2) is 4.98 Å². The van der Waals surface area contributed by atoms with Gasteiger partial charge in [0.25, 0.3) is 0 Å². The summed E-state index contributed by atoms with van der Waals surface area (Å²) in [5.41, 5.74) is 7.63. The average Bonchev–Trinajstić information content (AvgIpc) is 2.90. The predicted molar refractivity (Wildman–Crippen MR) is 76.8 cm³/mol. The topological polar surface area (TPSA) is 105 Å². The first kappa shape index (κ1) is 12.8. The SMILES string of the molecule is CC1CCCCC1Nc1c(C(=N)N)cnn2ncnc12. The highest BCUT2D eigenvalue weighted by atomic mass is 15.4. The molecule has 2 aromatic rings. The van der Waals surface area contributed by atoms with Crippen LogP contribution in [0.4, 0.5) is 5.69 Å². The molecule has 1 saturated carbocycles. The molecule has 0 bridgehead atoms. The van der Waals surface area contributed by atoms with Crippen LogP contribution < -0.4 is 11.1 Å². The number of fused-ring (bicyclic) bond motifs is 1. The van der Waals surface area contributed by atoms with Crippen LogP contribution in [0.15, 0.2) is 12.5 Å². The first-order valence-corrected chi connectivity index (χ1v) is 6.97. The summed E-state index contributed by atoms with van der Waals surface area (Å²) >= 11 is 0. The minimum Gasteiger partial charge on any atom is -0.384 e. The Kier molecular flexibility index (Phi) is 3.25. The number of hydrogen-bond acceptors (Lipinski definition) is 5. The Morgan fingerprint density at radius 1 is 1.40 bits per heavy atom. The van der Waals surface area contributed by atoms with Gasteiger partial charge in [-0.05, 0) is 18.8 Å². The summed E-state index contributed by atoms with van der Waals surface area (Å²) < 4.78 is 1.46. The number of nitrogens with one attached hydrogen (secondary N) is 2. The van der Waals surface area contributed by atoms with E-state index < -0.39 is 0 Å². The third-order valence-corrected chi connectivity index (χ3v) is 4.05. The molecule has 20 heavy (non-hydrogen) atoms. The van der Waals surface area contributed by atoms with Crippen molar-refractivity contribution in [2.45, 2.75) is 38.6 Å². The second kappa shape index (κ2) is 5.07. The van der Waals surface area contributed by atoms with Crippen LogP contribution >= 0.6 is 0 Å². The highest BCUT2D eigenvalue weighted by molar-refractivity contribution is 6.02. The van der Waals surface area contributed by atoms with Crippen molar-refractivity contribution >= 4 is 17.2 Å². The molecule has 7 heteroatoms. The van der Waals surface area contributed by atoms with Crippen molar-refractivity contribution in [1.82, 2.24) is 19.8 Å². The molecule has 1 fully saturated rings. The summed E-state index contributed by atoms with van der Waals surface area (Å²) in [7, 11) is 0. The lowest BCUT2D eigenvalue weighted by Crippen LogP contribution is -2.32. The zero-order chi connectivity index (χ0) is 14.1. The molecule has 2 heterocycles. The van der Waals surface area contributed by atoms with E-state index in [0.717, 1.165) is 12.1 Å². The van der Waals surface area contributed by atoms with Gasteiger partial charge in [-0.15, -0.1) is 9.73 Å². The quantitative estimate of drug-likeness (QED) is 0.579. The van der Waals surface area contributed by atoms with E-state index in [4.69, 9.17) is 11.1 Å². The Hall–Kier alpha value is -2.18. The van der Waals surface area contributed by atoms with Gasteiger partial charge in [0.05, 0.1) is 17.4 Å². The van der Waals surface area contributed by atoms with Crippen LogP contribution in [0.2, 0.25) is 0 Å². The van der Waals surface area contributed by atoms with Crippen molar-refractivity contribution in [3.8, 4) is 0 Å². The average molecular weight is 273 g/mol. The molecule has 0 saturated heterocycles. The van der Waals surface area contributed by atoms with Crippen LogP contribution in [0.25, 0.3) is 5.65 Å². The molecule has 0 spiro atoms. The highest BCUT2D eigenvalue weighted by Crippen LogP contribution is 2.29. The largest absolute Gasteiger partial charge is 0.384 e. The molecule has 3 rings (SSSR count). The van der Waals surface area contributed by atoms with Gasteiger partial charge in [0.2, 0.25) is 0 Å². The van der Waals surface area contributed by atoms with E-state index >= 15 is 0 Å². The predicted octanol–water partition coefficient (Wildman–Crippen LogP) is 1.40. The van der Waals surface area contributed by atoms with Gasteiger partial charge in [0, 0.05) is 6.04 Å². The standard InChI is InChI=1S/C13H19N7/c1-8-4-2-3-5-10(8)19-11-9(12(14)15)6-17-20-13(11)16-7-18-20/h6-8,10,19H,2-5H2,1H3,(H3,14,15). The lowest BCUT2D eigenvalue weighted by atomic mass is 9.86. The number of hydrogen-bond donors (Lipinski definition) is 3. The third kappa shape index (κ3) is 2.19. The number of nitrogen functional groups attached to an aromatic ring is 1. The number of aromatic nitrogens is 4. The number of anilines is 1. The highest BCUT2D eigenvalue weighted by Gasteiger charge is 2.24. The van der Waals surface area contributed by atoms with E-state index in [-0.39, 0.29) is 5.84 Å². The number of nitrogens with zero attached hydrogens (tertiary/aromatic N) is 4. The van der Waals surface area contributed by atoms with Crippen LogP contribution in [0.3, 0.4) is 0 Å². The fraction of sp³-hybridized carbons (Fsp3) is 0.538. The fourth-order valence-corrected chi connectivity index (χ4v) is 2.84. The van der Waals surface area contributed by atoms with Crippen molar-refractivity contribution in [1.29, 1.82) is 5.41 Å². The molecule has 106 valence electrons. The molecule has 4 N–H and O–H groups in total. The zero-order valence-electron chi connectivity index (χ0n) is 11.5. The number of rotatable bonds is 3. The van der Waals surface area contributed by atoms with Gasteiger partial charge in [-0.1, -0.05) is 19.8 Å². The van der Waals surface area contributed by atoms with Crippen LogP contribution in [0, 0.1) is 11.3 Å². The summed E-state index contributed by atoms with van der Waals surface area (Å²) in [5.74, 6) is 0.591. The Morgan fingerprint density at radius 2 is 2.20 bits per heavy atom. The summed E-state index contributed by atoms with van der Waals surface area (Å²) in [6, 6.07) is 0.379. The molecule has 2 unspecified atom stereocenters. The third-order valence-electron chi connectivity index (χ3n) is 4.05. The van der Waals surface area contributed by atoms with Gasteiger partial charge in [-0.3, -0.25) is 5.41 Å². The maximum Gasteiger partial charge on any atom is 0.200 e. The van der Waals surface area contributed by atoms with Crippen molar-refractivity contribution < 1.29 is 0 Å². The molecule has 2 atom stereocenters. The lowest BCUT2D eigenvalue weighted by Gasteiger charge is -2.30. The molecule has 0 amide bonds. The maximum atomic E-state index is 7.71. The van der Waals surface area contributed by atoms with Gasteiger partial charge < -0.3 is 11.1 Å². The van der Waals surface area contributed by atoms with E-state index in [9.17, 15) is 0 Å². The number of amidine groups is 1.